The smallest absolute Gasteiger partial charge is 0.319 e. The third-order valence-electron chi connectivity index (χ3n) is 2.62. The quantitative estimate of drug-likeness (QED) is 0.871. The first-order chi connectivity index (χ1) is 7.95. The van der Waals surface area contributed by atoms with Crippen molar-refractivity contribution in [2.24, 2.45) is 0 Å². The number of urea groups is 1. The Morgan fingerprint density at radius 2 is 2.35 bits per heavy atom. The Labute approximate surface area is 111 Å². The van der Waals surface area contributed by atoms with E-state index in [9.17, 15) is 9.59 Å². The van der Waals surface area contributed by atoms with E-state index in [0.29, 0.717) is 4.48 Å². The fourth-order valence-corrected chi connectivity index (χ4v) is 2.83. The lowest BCUT2D eigenvalue weighted by atomic mass is 10.0. The van der Waals surface area contributed by atoms with Crippen LogP contribution < -0.4 is 5.32 Å². The molecule has 1 fully saturated rings. The SMILES string of the molecule is C=C(Br)CN1C(=O)N[C@](C)(c2cccs2)C1=O. The van der Waals surface area contributed by atoms with Crippen LogP contribution in [0.4, 0.5) is 4.79 Å². The van der Waals surface area contributed by atoms with E-state index in [-0.39, 0.29) is 18.5 Å². The summed E-state index contributed by atoms with van der Waals surface area (Å²) in [5.41, 5.74) is -0.951. The number of imide groups is 1. The zero-order chi connectivity index (χ0) is 12.6. The van der Waals surface area contributed by atoms with Crippen LogP contribution in [-0.4, -0.2) is 23.4 Å². The van der Waals surface area contributed by atoms with Crippen molar-refractivity contribution in [1.29, 1.82) is 0 Å². The molecule has 1 aliphatic heterocycles. The standard InChI is InChI=1S/C11H11BrN2O2S/c1-7(12)6-14-9(15)11(2,13-10(14)16)8-4-3-5-17-8/h3-5H,1,6H2,2H3,(H,13,16)/t11-/m1/s1. The summed E-state index contributed by atoms with van der Waals surface area (Å²) in [5, 5.41) is 4.60. The van der Waals surface area contributed by atoms with Crippen LogP contribution in [0.3, 0.4) is 0 Å². The Hall–Kier alpha value is -1.14. The van der Waals surface area contributed by atoms with Gasteiger partial charge in [-0.3, -0.25) is 9.69 Å². The average molecular weight is 315 g/mol. The maximum atomic E-state index is 12.3. The van der Waals surface area contributed by atoms with Gasteiger partial charge in [-0.15, -0.1) is 11.3 Å². The van der Waals surface area contributed by atoms with Crippen molar-refractivity contribution in [3.8, 4) is 0 Å². The number of nitrogens with one attached hydrogen (secondary N) is 1. The van der Waals surface area contributed by atoms with E-state index in [1.54, 1.807) is 6.92 Å². The predicted molar refractivity (Wildman–Crippen MR) is 70.0 cm³/mol. The number of hydrogen-bond donors (Lipinski definition) is 1. The van der Waals surface area contributed by atoms with Crippen LogP contribution in [0.2, 0.25) is 0 Å². The fourth-order valence-electron chi connectivity index (χ4n) is 1.74. The van der Waals surface area contributed by atoms with Crippen LogP contribution in [0.5, 0.6) is 0 Å². The minimum atomic E-state index is -0.951. The van der Waals surface area contributed by atoms with Gasteiger partial charge in [0.1, 0.15) is 0 Å². The maximum absolute atomic E-state index is 12.3. The zero-order valence-electron chi connectivity index (χ0n) is 9.20. The van der Waals surface area contributed by atoms with Gasteiger partial charge in [0.05, 0.1) is 6.54 Å². The highest BCUT2D eigenvalue weighted by Gasteiger charge is 2.49. The second-order valence-corrected chi connectivity index (χ2v) is 6.01. The van der Waals surface area contributed by atoms with Gasteiger partial charge >= 0.3 is 6.03 Å². The topological polar surface area (TPSA) is 49.4 Å². The molecule has 0 unspecified atom stereocenters. The van der Waals surface area contributed by atoms with Crippen LogP contribution in [0.25, 0.3) is 0 Å². The van der Waals surface area contributed by atoms with Crippen molar-refractivity contribution in [3.05, 3.63) is 33.5 Å². The average Bonchev–Trinajstić information content (AvgIpc) is 2.83. The monoisotopic (exact) mass is 314 g/mol. The molecular weight excluding hydrogens is 304 g/mol. The highest BCUT2D eigenvalue weighted by atomic mass is 79.9. The molecular formula is C11H11BrN2O2S. The molecule has 1 aromatic rings. The number of nitrogens with zero attached hydrogens (tertiary/aromatic N) is 1. The molecule has 3 amide bonds. The Morgan fingerprint density at radius 1 is 1.65 bits per heavy atom. The molecule has 1 N–H and O–H groups in total. The number of halogens is 1. The van der Waals surface area contributed by atoms with E-state index in [1.807, 2.05) is 17.5 Å². The largest absolute Gasteiger partial charge is 0.325 e. The molecule has 1 saturated heterocycles. The van der Waals surface area contributed by atoms with E-state index in [2.05, 4.69) is 27.8 Å². The van der Waals surface area contributed by atoms with Gasteiger partial charge in [-0.1, -0.05) is 28.6 Å². The molecule has 0 saturated carbocycles. The van der Waals surface area contributed by atoms with Crippen molar-refractivity contribution in [2.75, 3.05) is 6.54 Å². The summed E-state index contributed by atoms with van der Waals surface area (Å²) in [5.74, 6) is -0.245. The van der Waals surface area contributed by atoms with Gasteiger partial charge in [0.2, 0.25) is 0 Å². The third kappa shape index (κ3) is 2.02. The molecule has 0 aliphatic carbocycles. The number of carbonyl (C=O) groups excluding carboxylic acids is 2. The molecule has 4 nitrogen and oxygen atoms in total. The summed E-state index contributed by atoms with van der Waals surface area (Å²) in [6.45, 7) is 5.55. The number of thiophene rings is 1. The number of carbonyl (C=O) groups is 2. The Kier molecular flexibility index (Phi) is 3.09. The van der Waals surface area contributed by atoms with Gasteiger partial charge in [-0.25, -0.2) is 4.79 Å². The fraction of sp³-hybridized carbons (Fsp3) is 0.273. The van der Waals surface area contributed by atoms with Gasteiger partial charge in [0.15, 0.2) is 5.54 Å². The summed E-state index contributed by atoms with van der Waals surface area (Å²) in [6.07, 6.45) is 0. The summed E-state index contributed by atoms with van der Waals surface area (Å²) < 4.78 is 0.594. The second-order valence-electron chi connectivity index (χ2n) is 3.94. The van der Waals surface area contributed by atoms with Crippen LogP contribution in [0.1, 0.15) is 11.8 Å². The van der Waals surface area contributed by atoms with Crippen LogP contribution >= 0.6 is 27.3 Å². The van der Waals surface area contributed by atoms with E-state index in [0.717, 1.165) is 9.78 Å². The zero-order valence-corrected chi connectivity index (χ0v) is 11.6. The summed E-state index contributed by atoms with van der Waals surface area (Å²) in [7, 11) is 0. The minimum absolute atomic E-state index is 0.186. The third-order valence-corrected chi connectivity index (χ3v) is 3.96. The molecule has 2 heterocycles. The molecule has 0 bridgehead atoms. The first-order valence-corrected chi connectivity index (χ1v) is 6.64. The van der Waals surface area contributed by atoms with Crippen molar-refractivity contribution in [3.63, 3.8) is 0 Å². The molecule has 1 aliphatic rings. The van der Waals surface area contributed by atoms with Crippen molar-refractivity contribution < 1.29 is 9.59 Å². The minimum Gasteiger partial charge on any atom is -0.319 e. The molecule has 2 rings (SSSR count). The van der Waals surface area contributed by atoms with Gasteiger partial charge in [0, 0.05) is 9.36 Å². The van der Waals surface area contributed by atoms with E-state index >= 15 is 0 Å². The number of amides is 3. The highest BCUT2D eigenvalue weighted by Crippen LogP contribution is 2.32. The van der Waals surface area contributed by atoms with Crippen LogP contribution in [0.15, 0.2) is 28.6 Å². The molecule has 1 aromatic heterocycles. The van der Waals surface area contributed by atoms with Gasteiger partial charge in [-0.2, -0.15) is 0 Å². The van der Waals surface area contributed by atoms with E-state index < -0.39 is 5.54 Å². The van der Waals surface area contributed by atoms with Gasteiger partial charge < -0.3 is 5.32 Å². The lowest BCUT2D eigenvalue weighted by Crippen LogP contribution is -2.40. The number of rotatable bonds is 3. The summed E-state index contributed by atoms with van der Waals surface area (Å²) >= 11 is 4.61. The molecule has 90 valence electrons. The second kappa shape index (κ2) is 4.27. The summed E-state index contributed by atoms with van der Waals surface area (Å²) in [6, 6.07) is 3.32. The number of hydrogen-bond acceptors (Lipinski definition) is 3. The highest BCUT2D eigenvalue weighted by molar-refractivity contribution is 9.11. The molecule has 0 radical (unpaired) electrons. The Balaban J connectivity index is 2.32. The first kappa shape index (κ1) is 12.3. The van der Waals surface area contributed by atoms with E-state index in [4.69, 9.17) is 0 Å². The van der Waals surface area contributed by atoms with Crippen molar-refractivity contribution >= 4 is 39.2 Å². The maximum Gasteiger partial charge on any atom is 0.325 e. The molecule has 17 heavy (non-hydrogen) atoms. The van der Waals surface area contributed by atoms with E-state index in [1.165, 1.54) is 11.3 Å². The lowest BCUT2D eigenvalue weighted by molar-refractivity contribution is -0.130. The van der Waals surface area contributed by atoms with Crippen molar-refractivity contribution in [2.45, 2.75) is 12.5 Å². The molecule has 6 heteroatoms. The molecule has 0 spiro atoms. The predicted octanol–water partition coefficient (Wildman–Crippen LogP) is 2.42. The lowest BCUT2D eigenvalue weighted by Gasteiger charge is -2.19. The van der Waals surface area contributed by atoms with Gasteiger partial charge in [0.25, 0.3) is 5.91 Å². The van der Waals surface area contributed by atoms with Crippen molar-refractivity contribution in [1.82, 2.24) is 10.2 Å². The van der Waals surface area contributed by atoms with Gasteiger partial charge in [-0.05, 0) is 18.4 Å². The Bertz CT molecular complexity index is 486. The Morgan fingerprint density at radius 3 is 2.88 bits per heavy atom. The molecule has 0 aromatic carbocycles. The molecule has 1 atom stereocenters. The first-order valence-electron chi connectivity index (χ1n) is 4.96. The normalized spacial score (nSPS) is 24.0. The van der Waals surface area contributed by atoms with Crippen LogP contribution in [-0.2, 0) is 10.3 Å². The van der Waals surface area contributed by atoms with Crippen LogP contribution in [0, 0.1) is 0 Å². The summed E-state index contributed by atoms with van der Waals surface area (Å²) in [4.78, 5) is 26.0.